The maximum atomic E-state index is 5.93. The van der Waals surface area contributed by atoms with Crippen molar-refractivity contribution < 1.29 is 9.47 Å². The van der Waals surface area contributed by atoms with E-state index < -0.39 is 0 Å². The van der Waals surface area contributed by atoms with Crippen LogP contribution >= 0.6 is 24.0 Å². The Kier molecular flexibility index (Phi) is 6.71. The van der Waals surface area contributed by atoms with E-state index in [1.165, 1.54) is 0 Å². The highest BCUT2D eigenvalue weighted by Gasteiger charge is 2.10. The van der Waals surface area contributed by atoms with Crippen molar-refractivity contribution in [1.29, 1.82) is 0 Å². The number of halogens is 1. The third-order valence-corrected chi connectivity index (χ3v) is 3.46. The van der Waals surface area contributed by atoms with E-state index in [4.69, 9.17) is 15.2 Å². The number of benzene rings is 1. The van der Waals surface area contributed by atoms with Crippen LogP contribution in [0.15, 0.2) is 35.6 Å². The minimum Gasteiger partial charge on any atom is -0.490 e. The lowest BCUT2D eigenvalue weighted by Crippen LogP contribution is -2.23. The van der Waals surface area contributed by atoms with Crippen molar-refractivity contribution in [2.24, 2.45) is 17.8 Å². The van der Waals surface area contributed by atoms with Gasteiger partial charge in [0.15, 0.2) is 17.5 Å². The molecule has 0 saturated heterocycles. The quantitative estimate of drug-likeness (QED) is 0.430. The second kappa shape index (κ2) is 8.76. The smallest absolute Gasteiger partial charge is 0.193 e. The molecule has 0 aliphatic carbocycles. The number of anilines is 1. The molecular weight excluding hydrogens is 421 g/mol. The van der Waals surface area contributed by atoms with Gasteiger partial charge in [0.1, 0.15) is 0 Å². The predicted octanol–water partition coefficient (Wildman–Crippen LogP) is 2.17. The number of ether oxygens (including phenoxy) is 2. The first-order valence-corrected chi connectivity index (χ1v) is 7.65. The zero-order valence-electron chi connectivity index (χ0n) is 13.6. The van der Waals surface area contributed by atoms with Gasteiger partial charge in [-0.15, -0.1) is 24.0 Å². The SMILES string of the molecule is Cn1cc(CCN=C(N)Nc2ccc3c(c2)OCCCO3)cn1.I. The number of nitrogens with one attached hydrogen (secondary N) is 1. The molecule has 7 nitrogen and oxygen atoms in total. The van der Waals surface area contributed by atoms with E-state index in [-0.39, 0.29) is 24.0 Å². The summed E-state index contributed by atoms with van der Waals surface area (Å²) in [5.41, 5.74) is 7.90. The van der Waals surface area contributed by atoms with Gasteiger partial charge in [-0.2, -0.15) is 5.10 Å². The van der Waals surface area contributed by atoms with Gasteiger partial charge < -0.3 is 20.5 Å². The summed E-state index contributed by atoms with van der Waals surface area (Å²) >= 11 is 0. The van der Waals surface area contributed by atoms with E-state index >= 15 is 0 Å². The molecule has 1 aromatic heterocycles. The van der Waals surface area contributed by atoms with Crippen LogP contribution in [0.1, 0.15) is 12.0 Å². The molecule has 0 atom stereocenters. The first-order valence-electron chi connectivity index (χ1n) is 7.65. The summed E-state index contributed by atoms with van der Waals surface area (Å²) in [6, 6.07) is 5.66. The summed E-state index contributed by atoms with van der Waals surface area (Å²) in [6.45, 7) is 1.94. The Morgan fingerprint density at radius 2 is 2.12 bits per heavy atom. The lowest BCUT2D eigenvalue weighted by Gasteiger charge is -2.10. The largest absolute Gasteiger partial charge is 0.490 e. The summed E-state index contributed by atoms with van der Waals surface area (Å²) in [6.07, 6.45) is 5.50. The Hall–Kier alpha value is -1.97. The highest BCUT2D eigenvalue weighted by Crippen LogP contribution is 2.32. The first kappa shape index (κ1) is 18.4. The molecule has 0 unspecified atom stereocenters. The lowest BCUT2D eigenvalue weighted by molar-refractivity contribution is 0.297. The van der Waals surface area contributed by atoms with Crippen molar-refractivity contribution in [3.05, 3.63) is 36.2 Å². The van der Waals surface area contributed by atoms with Crippen molar-refractivity contribution in [2.45, 2.75) is 12.8 Å². The van der Waals surface area contributed by atoms with E-state index in [1.54, 1.807) is 4.68 Å². The molecule has 0 fully saturated rings. The topological polar surface area (TPSA) is 86.7 Å². The monoisotopic (exact) mass is 443 g/mol. The van der Waals surface area contributed by atoms with Crippen LogP contribution in [-0.2, 0) is 13.5 Å². The van der Waals surface area contributed by atoms with Crippen LogP contribution in [-0.4, -0.2) is 35.5 Å². The zero-order valence-corrected chi connectivity index (χ0v) is 15.9. The number of aliphatic imine (C=N–C) groups is 1. The van der Waals surface area contributed by atoms with Crippen molar-refractivity contribution in [3.8, 4) is 11.5 Å². The van der Waals surface area contributed by atoms with Crippen molar-refractivity contribution in [2.75, 3.05) is 25.1 Å². The average Bonchev–Trinajstić information content (AvgIpc) is 2.81. The van der Waals surface area contributed by atoms with E-state index in [0.717, 1.165) is 35.6 Å². The fraction of sp³-hybridized carbons (Fsp3) is 0.375. The molecule has 2 heterocycles. The average molecular weight is 443 g/mol. The molecule has 3 rings (SSSR count). The van der Waals surface area contributed by atoms with Gasteiger partial charge in [0.25, 0.3) is 0 Å². The number of nitrogens with two attached hydrogens (primary N) is 1. The molecule has 1 aliphatic heterocycles. The number of rotatable bonds is 4. The van der Waals surface area contributed by atoms with Crippen molar-refractivity contribution >= 4 is 35.6 Å². The number of fused-ring (bicyclic) bond motifs is 1. The maximum absolute atomic E-state index is 5.93. The standard InChI is InChI=1S/C16H21N5O2.HI/c1-21-11-12(10-19-21)5-6-18-16(17)20-13-3-4-14-15(9-13)23-8-2-7-22-14;/h3-4,9-11H,2,5-8H2,1H3,(H3,17,18,20);1H. The van der Waals surface area contributed by atoms with Crippen molar-refractivity contribution in [1.82, 2.24) is 9.78 Å². The Morgan fingerprint density at radius 1 is 1.33 bits per heavy atom. The fourth-order valence-electron chi connectivity index (χ4n) is 2.33. The van der Waals surface area contributed by atoms with Gasteiger partial charge in [-0.25, -0.2) is 0 Å². The van der Waals surface area contributed by atoms with Gasteiger partial charge in [-0.3, -0.25) is 9.67 Å². The van der Waals surface area contributed by atoms with E-state index in [1.807, 2.05) is 37.6 Å². The maximum Gasteiger partial charge on any atom is 0.193 e. The number of nitrogens with zero attached hydrogens (tertiary/aromatic N) is 3. The Labute approximate surface area is 158 Å². The van der Waals surface area contributed by atoms with Gasteiger partial charge in [-0.05, 0) is 24.1 Å². The first-order chi connectivity index (χ1) is 11.2. The second-order valence-corrected chi connectivity index (χ2v) is 5.38. The minimum absolute atomic E-state index is 0. The van der Waals surface area contributed by atoms with Gasteiger partial charge in [-0.1, -0.05) is 0 Å². The van der Waals surface area contributed by atoms with Gasteiger partial charge in [0.05, 0.1) is 19.4 Å². The van der Waals surface area contributed by atoms with Gasteiger partial charge in [0, 0.05) is 38.0 Å². The van der Waals surface area contributed by atoms with Gasteiger partial charge >= 0.3 is 0 Å². The summed E-state index contributed by atoms with van der Waals surface area (Å²) < 4.78 is 13.0. The van der Waals surface area contributed by atoms with Gasteiger partial charge in [0.2, 0.25) is 0 Å². The normalized spacial score (nSPS) is 13.8. The summed E-state index contributed by atoms with van der Waals surface area (Å²) in [5, 5.41) is 7.20. The number of aromatic nitrogens is 2. The number of hydrogen-bond acceptors (Lipinski definition) is 4. The predicted molar refractivity (Wildman–Crippen MR) is 104 cm³/mol. The van der Waals surface area contributed by atoms with Crippen LogP contribution in [0.2, 0.25) is 0 Å². The molecule has 130 valence electrons. The van der Waals surface area contributed by atoms with E-state index in [0.29, 0.717) is 25.7 Å². The lowest BCUT2D eigenvalue weighted by atomic mass is 10.2. The van der Waals surface area contributed by atoms with Crippen LogP contribution in [0.4, 0.5) is 5.69 Å². The Morgan fingerprint density at radius 3 is 2.88 bits per heavy atom. The fourth-order valence-corrected chi connectivity index (χ4v) is 2.33. The molecule has 2 aromatic rings. The third kappa shape index (κ3) is 5.02. The van der Waals surface area contributed by atoms with Crippen molar-refractivity contribution in [3.63, 3.8) is 0 Å². The van der Waals surface area contributed by atoms with Crippen LogP contribution in [0, 0.1) is 0 Å². The van der Waals surface area contributed by atoms with E-state index in [2.05, 4.69) is 15.4 Å². The Bertz CT molecular complexity index is 702. The Balaban J connectivity index is 0.00000208. The minimum atomic E-state index is 0. The molecule has 1 aromatic carbocycles. The molecular formula is C16H22IN5O2. The number of hydrogen-bond donors (Lipinski definition) is 2. The summed E-state index contributed by atoms with van der Waals surface area (Å²) in [5.74, 6) is 1.87. The molecule has 1 aliphatic rings. The molecule has 0 bridgehead atoms. The highest BCUT2D eigenvalue weighted by atomic mass is 127. The molecule has 8 heteroatoms. The van der Waals surface area contributed by atoms with E-state index in [9.17, 15) is 0 Å². The van der Waals surface area contributed by atoms with Crippen LogP contribution in [0.5, 0.6) is 11.5 Å². The molecule has 0 saturated carbocycles. The summed E-state index contributed by atoms with van der Waals surface area (Å²) in [4.78, 5) is 4.33. The number of aryl methyl sites for hydroxylation is 1. The molecule has 0 radical (unpaired) electrons. The summed E-state index contributed by atoms with van der Waals surface area (Å²) in [7, 11) is 1.90. The molecule has 24 heavy (non-hydrogen) atoms. The molecule has 0 amide bonds. The molecule has 3 N–H and O–H groups in total. The number of guanidine groups is 1. The molecule has 0 spiro atoms. The highest BCUT2D eigenvalue weighted by molar-refractivity contribution is 14.0. The second-order valence-electron chi connectivity index (χ2n) is 5.38. The van der Waals surface area contributed by atoms with Crippen LogP contribution in [0.25, 0.3) is 0 Å². The zero-order chi connectivity index (χ0) is 16.1. The van der Waals surface area contributed by atoms with Crippen LogP contribution in [0.3, 0.4) is 0 Å². The third-order valence-electron chi connectivity index (χ3n) is 3.46. The van der Waals surface area contributed by atoms with Crippen LogP contribution < -0.4 is 20.5 Å².